The number of amides is 1. The molecule has 75 valence electrons. The third-order valence-corrected chi connectivity index (χ3v) is 2.04. The van der Waals surface area contributed by atoms with Gasteiger partial charge in [-0.05, 0) is 22.0 Å². The van der Waals surface area contributed by atoms with Gasteiger partial charge in [0.25, 0.3) is 0 Å². The van der Waals surface area contributed by atoms with Crippen molar-refractivity contribution >= 4 is 27.7 Å². The summed E-state index contributed by atoms with van der Waals surface area (Å²) in [7, 11) is 0. The summed E-state index contributed by atoms with van der Waals surface area (Å²) in [5.41, 5.74) is -0.419. The molecule has 0 saturated carbocycles. The number of hydrogen-bond acceptors (Lipinski definition) is 2. The van der Waals surface area contributed by atoms with Crippen molar-refractivity contribution in [2.24, 2.45) is 5.41 Å². The molecule has 1 rings (SSSR count). The van der Waals surface area contributed by atoms with E-state index >= 15 is 0 Å². The maximum atomic E-state index is 11.6. The third kappa shape index (κ3) is 3.10. The second-order valence-corrected chi connectivity index (χ2v) is 4.82. The van der Waals surface area contributed by atoms with Gasteiger partial charge in [-0.25, -0.2) is 4.98 Å². The Morgan fingerprint density at radius 1 is 1.57 bits per heavy atom. The molecular weight excluding hydrogens is 244 g/mol. The number of carbonyl (C=O) groups is 1. The van der Waals surface area contributed by atoms with Crippen LogP contribution in [0.5, 0.6) is 0 Å². The molecule has 3 nitrogen and oxygen atoms in total. The number of carbonyl (C=O) groups excluding carboxylic acids is 1. The molecular formula is C10H12BrN2O. The molecule has 1 heterocycles. The molecule has 4 heteroatoms. The SMILES string of the molecule is CC(C)(C)C(=O)Nc1[c]c(Br)ccn1. The molecule has 1 amide bonds. The molecule has 0 aromatic carbocycles. The molecule has 0 unspecified atom stereocenters. The largest absolute Gasteiger partial charge is 0.310 e. The Balaban J connectivity index is 2.75. The maximum Gasteiger partial charge on any atom is 0.230 e. The van der Waals surface area contributed by atoms with Gasteiger partial charge in [-0.15, -0.1) is 0 Å². The first kappa shape index (κ1) is 11.2. The van der Waals surface area contributed by atoms with Gasteiger partial charge >= 0.3 is 0 Å². The molecule has 0 aliphatic rings. The van der Waals surface area contributed by atoms with Crippen LogP contribution < -0.4 is 5.32 Å². The van der Waals surface area contributed by atoms with Crippen molar-refractivity contribution in [3.05, 3.63) is 22.8 Å². The summed E-state index contributed by atoms with van der Waals surface area (Å²) in [5.74, 6) is 0.374. The highest BCUT2D eigenvalue weighted by atomic mass is 79.9. The Morgan fingerprint density at radius 2 is 2.21 bits per heavy atom. The molecule has 14 heavy (non-hydrogen) atoms. The number of anilines is 1. The van der Waals surface area contributed by atoms with Crippen molar-refractivity contribution in [1.29, 1.82) is 0 Å². The van der Waals surface area contributed by atoms with E-state index in [-0.39, 0.29) is 5.91 Å². The van der Waals surface area contributed by atoms with Crippen molar-refractivity contribution in [1.82, 2.24) is 4.98 Å². The van der Waals surface area contributed by atoms with Gasteiger partial charge in [-0.3, -0.25) is 4.79 Å². The predicted octanol–water partition coefficient (Wildman–Crippen LogP) is 2.63. The number of pyridine rings is 1. The Bertz CT molecular complexity index is 344. The van der Waals surface area contributed by atoms with Crippen LogP contribution in [0.1, 0.15) is 20.8 Å². The Kier molecular flexibility index (Phi) is 3.26. The molecule has 1 radical (unpaired) electrons. The van der Waals surface area contributed by atoms with E-state index in [1.54, 1.807) is 12.3 Å². The van der Waals surface area contributed by atoms with E-state index in [0.29, 0.717) is 5.82 Å². The standard InChI is InChI=1S/C10H12BrN2O/c1-10(2,3)9(14)13-8-6-7(11)4-5-12-8/h4-5H,1-3H3,(H,12,13,14). The summed E-state index contributed by atoms with van der Waals surface area (Å²) in [4.78, 5) is 15.5. The number of aromatic nitrogens is 1. The van der Waals surface area contributed by atoms with Crippen molar-refractivity contribution in [3.8, 4) is 0 Å². The Morgan fingerprint density at radius 3 is 2.71 bits per heavy atom. The van der Waals surface area contributed by atoms with Crippen LogP contribution in [-0.2, 0) is 4.79 Å². The smallest absolute Gasteiger partial charge is 0.230 e. The lowest BCUT2D eigenvalue weighted by atomic mass is 9.96. The highest BCUT2D eigenvalue weighted by Crippen LogP contribution is 2.17. The number of hydrogen-bond donors (Lipinski definition) is 1. The molecule has 0 fully saturated rings. The van der Waals surface area contributed by atoms with Crippen LogP contribution >= 0.6 is 15.9 Å². The molecule has 1 N–H and O–H groups in total. The fourth-order valence-electron chi connectivity index (χ4n) is 0.723. The van der Waals surface area contributed by atoms with Crippen LogP contribution in [0.25, 0.3) is 0 Å². The van der Waals surface area contributed by atoms with Crippen LogP contribution in [0.2, 0.25) is 0 Å². The van der Waals surface area contributed by atoms with Gasteiger partial charge in [-0.1, -0.05) is 20.8 Å². The van der Waals surface area contributed by atoms with Gasteiger partial charge in [0.05, 0.1) is 0 Å². The van der Waals surface area contributed by atoms with E-state index < -0.39 is 5.41 Å². The summed E-state index contributed by atoms with van der Waals surface area (Å²) in [6.07, 6.45) is 1.61. The second-order valence-electron chi connectivity index (χ2n) is 3.97. The molecule has 0 saturated heterocycles. The summed E-state index contributed by atoms with van der Waals surface area (Å²) >= 11 is 3.26. The minimum absolute atomic E-state index is 0.0700. The zero-order valence-electron chi connectivity index (χ0n) is 8.39. The number of nitrogens with one attached hydrogen (secondary N) is 1. The van der Waals surface area contributed by atoms with E-state index in [1.165, 1.54) is 0 Å². The number of halogens is 1. The molecule has 0 aliphatic carbocycles. The van der Waals surface area contributed by atoms with Gasteiger partial charge in [0.15, 0.2) is 0 Å². The monoisotopic (exact) mass is 255 g/mol. The summed E-state index contributed by atoms with van der Waals surface area (Å²) in [6.45, 7) is 5.54. The van der Waals surface area contributed by atoms with Crippen LogP contribution in [0.3, 0.4) is 0 Å². The summed E-state index contributed by atoms with van der Waals surface area (Å²) in [5, 5.41) is 2.69. The first-order valence-corrected chi connectivity index (χ1v) is 5.04. The van der Waals surface area contributed by atoms with E-state index in [4.69, 9.17) is 0 Å². The zero-order chi connectivity index (χ0) is 10.8. The molecule has 0 bridgehead atoms. The third-order valence-electron chi connectivity index (χ3n) is 1.58. The first-order valence-electron chi connectivity index (χ1n) is 4.25. The molecule has 1 aromatic heterocycles. The van der Waals surface area contributed by atoms with Gasteiger partial charge in [-0.2, -0.15) is 0 Å². The topological polar surface area (TPSA) is 42.0 Å². The van der Waals surface area contributed by atoms with Gasteiger partial charge in [0.2, 0.25) is 5.91 Å². The van der Waals surface area contributed by atoms with Crippen LogP contribution in [-0.4, -0.2) is 10.9 Å². The van der Waals surface area contributed by atoms with Gasteiger partial charge < -0.3 is 5.32 Å². The van der Waals surface area contributed by atoms with Gasteiger partial charge in [0.1, 0.15) is 5.82 Å². The van der Waals surface area contributed by atoms with Crippen LogP contribution in [0.4, 0.5) is 5.82 Å². The summed E-state index contributed by atoms with van der Waals surface area (Å²) in [6, 6.07) is 4.64. The van der Waals surface area contributed by atoms with Crippen molar-refractivity contribution in [2.75, 3.05) is 5.32 Å². The quantitative estimate of drug-likeness (QED) is 0.839. The highest BCUT2D eigenvalue weighted by molar-refractivity contribution is 9.10. The van der Waals surface area contributed by atoms with E-state index in [2.05, 4.69) is 32.3 Å². The van der Waals surface area contributed by atoms with Crippen molar-refractivity contribution in [3.63, 3.8) is 0 Å². The number of rotatable bonds is 1. The number of nitrogens with zero attached hydrogens (tertiary/aromatic N) is 1. The first-order chi connectivity index (χ1) is 6.39. The fraction of sp³-hybridized carbons (Fsp3) is 0.400. The minimum Gasteiger partial charge on any atom is -0.310 e. The molecule has 1 aromatic rings. The van der Waals surface area contributed by atoms with Gasteiger partial charge in [0, 0.05) is 22.2 Å². The van der Waals surface area contributed by atoms with Crippen LogP contribution in [0, 0.1) is 11.5 Å². The maximum absolute atomic E-state index is 11.6. The lowest BCUT2D eigenvalue weighted by molar-refractivity contribution is -0.123. The van der Waals surface area contributed by atoms with E-state index in [1.807, 2.05) is 20.8 Å². The zero-order valence-corrected chi connectivity index (χ0v) is 9.97. The van der Waals surface area contributed by atoms with Crippen molar-refractivity contribution in [2.45, 2.75) is 20.8 Å². The Labute approximate surface area is 92.1 Å². The average molecular weight is 256 g/mol. The van der Waals surface area contributed by atoms with E-state index in [0.717, 1.165) is 4.47 Å². The molecule has 0 aliphatic heterocycles. The highest BCUT2D eigenvalue weighted by Gasteiger charge is 2.21. The Hall–Kier alpha value is -0.900. The fourth-order valence-corrected chi connectivity index (χ4v) is 1.03. The van der Waals surface area contributed by atoms with E-state index in [9.17, 15) is 4.79 Å². The van der Waals surface area contributed by atoms with Crippen molar-refractivity contribution < 1.29 is 4.79 Å². The van der Waals surface area contributed by atoms with Crippen LogP contribution in [0.15, 0.2) is 16.7 Å². The predicted molar refractivity (Wildman–Crippen MR) is 58.9 cm³/mol. The lowest BCUT2D eigenvalue weighted by Crippen LogP contribution is -2.28. The lowest BCUT2D eigenvalue weighted by Gasteiger charge is -2.16. The minimum atomic E-state index is -0.419. The average Bonchev–Trinajstić information content (AvgIpc) is 2.02. The molecule has 0 atom stereocenters. The second kappa shape index (κ2) is 4.09. The normalized spacial score (nSPS) is 11.1. The summed E-state index contributed by atoms with van der Waals surface area (Å²) < 4.78 is 0.775. The molecule has 0 spiro atoms.